The van der Waals surface area contributed by atoms with Crippen LogP contribution in [0.2, 0.25) is 0 Å². The first-order valence-electron chi connectivity index (χ1n) is 8.16. The number of rotatable bonds is 2. The minimum atomic E-state index is -0.182. The van der Waals surface area contributed by atoms with Gasteiger partial charge in [0.25, 0.3) is 0 Å². The Morgan fingerprint density at radius 2 is 1.67 bits per heavy atom. The Labute approximate surface area is 150 Å². The number of carbonyl (C=O) groups is 1. The predicted octanol–water partition coefficient (Wildman–Crippen LogP) is 4.06. The Morgan fingerprint density at radius 1 is 1.04 bits per heavy atom. The lowest BCUT2D eigenvalue weighted by molar-refractivity contribution is -0.118. The van der Waals surface area contributed by atoms with Crippen molar-refractivity contribution in [2.45, 2.75) is 45.2 Å². The number of para-hydroxylation sites is 1. The number of hydrogen-bond donors (Lipinski definition) is 2. The van der Waals surface area contributed by atoms with Crippen molar-refractivity contribution >= 4 is 24.0 Å². The van der Waals surface area contributed by atoms with E-state index in [2.05, 4.69) is 49.6 Å². The van der Waals surface area contributed by atoms with Crippen LogP contribution in [-0.4, -0.2) is 11.9 Å². The highest BCUT2D eigenvalue weighted by Crippen LogP contribution is 2.29. The first kappa shape index (κ1) is 18.5. The molecule has 1 aliphatic rings. The molecule has 1 amide bonds. The van der Waals surface area contributed by atoms with Crippen LogP contribution in [0.3, 0.4) is 0 Å². The predicted molar refractivity (Wildman–Crippen MR) is 102 cm³/mol. The van der Waals surface area contributed by atoms with Gasteiger partial charge in [0.2, 0.25) is 5.91 Å². The zero-order valence-corrected chi connectivity index (χ0v) is 15.2. The summed E-state index contributed by atoms with van der Waals surface area (Å²) in [5.41, 5.74) is 4.61. The third kappa shape index (κ3) is 3.97. The van der Waals surface area contributed by atoms with Gasteiger partial charge in [-0.3, -0.25) is 4.79 Å². The summed E-state index contributed by atoms with van der Waals surface area (Å²) >= 11 is 0. The second-order valence-electron chi connectivity index (χ2n) is 7.19. The van der Waals surface area contributed by atoms with Gasteiger partial charge in [0.05, 0.1) is 6.04 Å². The SMILES string of the molecule is CC(C)(C)c1ccccc1NC(=O)C1Cc2ccccc2CN1.Cl. The summed E-state index contributed by atoms with van der Waals surface area (Å²) in [6.07, 6.45) is 0.736. The molecule has 1 heterocycles. The minimum Gasteiger partial charge on any atom is -0.324 e. The van der Waals surface area contributed by atoms with Crippen LogP contribution in [0.25, 0.3) is 0 Å². The van der Waals surface area contributed by atoms with Crippen LogP contribution in [-0.2, 0) is 23.2 Å². The normalized spacial score (nSPS) is 16.7. The van der Waals surface area contributed by atoms with Crippen LogP contribution < -0.4 is 10.6 Å². The standard InChI is InChI=1S/C20H24N2O.ClH/c1-20(2,3)16-10-6-7-11-17(16)22-19(23)18-12-14-8-4-5-9-15(14)13-21-18;/h4-11,18,21H,12-13H2,1-3H3,(H,22,23);1H. The third-order valence-corrected chi connectivity index (χ3v) is 4.39. The van der Waals surface area contributed by atoms with Gasteiger partial charge >= 0.3 is 0 Å². The summed E-state index contributed by atoms with van der Waals surface area (Å²) in [5.74, 6) is 0.0382. The Balaban J connectivity index is 0.00000208. The largest absolute Gasteiger partial charge is 0.324 e. The number of anilines is 1. The number of nitrogens with one attached hydrogen (secondary N) is 2. The van der Waals surface area contributed by atoms with Gasteiger partial charge in [0.1, 0.15) is 0 Å². The smallest absolute Gasteiger partial charge is 0.241 e. The summed E-state index contributed by atoms with van der Waals surface area (Å²) in [4.78, 5) is 12.7. The van der Waals surface area contributed by atoms with Crippen LogP contribution in [0, 0.1) is 0 Å². The van der Waals surface area contributed by atoms with Crippen LogP contribution in [0.5, 0.6) is 0 Å². The number of carbonyl (C=O) groups excluding carboxylic acids is 1. The summed E-state index contributed by atoms with van der Waals surface area (Å²) in [6.45, 7) is 7.22. The molecular formula is C20H25ClN2O. The Bertz CT molecular complexity index is 722. The third-order valence-electron chi connectivity index (χ3n) is 4.39. The molecule has 2 aromatic rings. The molecule has 1 aliphatic heterocycles. The Morgan fingerprint density at radius 3 is 2.38 bits per heavy atom. The molecule has 3 nitrogen and oxygen atoms in total. The summed E-state index contributed by atoms with van der Waals surface area (Å²) in [7, 11) is 0. The van der Waals surface area contributed by atoms with Crippen molar-refractivity contribution in [2.24, 2.45) is 0 Å². The number of halogens is 1. The molecule has 2 N–H and O–H groups in total. The molecular weight excluding hydrogens is 320 g/mol. The maximum Gasteiger partial charge on any atom is 0.241 e. The second kappa shape index (κ2) is 7.37. The minimum absolute atomic E-state index is 0. The van der Waals surface area contributed by atoms with Crippen molar-refractivity contribution in [3.8, 4) is 0 Å². The fourth-order valence-electron chi connectivity index (χ4n) is 3.11. The van der Waals surface area contributed by atoms with Gasteiger partial charge in [-0.1, -0.05) is 63.2 Å². The highest BCUT2D eigenvalue weighted by atomic mass is 35.5. The topological polar surface area (TPSA) is 41.1 Å². The van der Waals surface area contributed by atoms with Crippen LogP contribution in [0.4, 0.5) is 5.69 Å². The van der Waals surface area contributed by atoms with Crippen molar-refractivity contribution in [3.05, 3.63) is 65.2 Å². The molecule has 1 unspecified atom stereocenters. The van der Waals surface area contributed by atoms with Gasteiger partial charge < -0.3 is 10.6 Å². The molecule has 128 valence electrons. The molecule has 24 heavy (non-hydrogen) atoms. The summed E-state index contributed by atoms with van der Waals surface area (Å²) in [5, 5.41) is 6.46. The lowest BCUT2D eigenvalue weighted by atomic mass is 9.85. The van der Waals surface area contributed by atoms with E-state index in [0.29, 0.717) is 0 Å². The molecule has 3 rings (SSSR count). The van der Waals surface area contributed by atoms with E-state index in [9.17, 15) is 4.79 Å². The molecule has 0 radical (unpaired) electrons. The first-order chi connectivity index (χ1) is 10.9. The van der Waals surface area contributed by atoms with E-state index in [1.54, 1.807) is 0 Å². The molecule has 0 saturated carbocycles. The second-order valence-corrected chi connectivity index (χ2v) is 7.19. The number of fused-ring (bicyclic) bond motifs is 1. The fraction of sp³-hybridized carbons (Fsp3) is 0.350. The average molecular weight is 345 g/mol. The van der Waals surface area contributed by atoms with E-state index >= 15 is 0 Å². The van der Waals surface area contributed by atoms with E-state index in [4.69, 9.17) is 0 Å². The van der Waals surface area contributed by atoms with Gasteiger partial charge in [0, 0.05) is 12.2 Å². The highest BCUT2D eigenvalue weighted by Gasteiger charge is 2.25. The molecule has 0 spiro atoms. The molecule has 4 heteroatoms. The van der Waals surface area contributed by atoms with E-state index in [0.717, 1.165) is 24.2 Å². The molecule has 0 aliphatic carbocycles. The first-order valence-corrected chi connectivity index (χ1v) is 8.16. The van der Waals surface area contributed by atoms with E-state index < -0.39 is 0 Å². The van der Waals surface area contributed by atoms with Crippen molar-refractivity contribution in [1.29, 1.82) is 0 Å². The molecule has 0 aromatic heterocycles. The zero-order valence-electron chi connectivity index (χ0n) is 14.4. The maximum absolute atomic E-state index is 12.7. The Hall–Kier alpha value is -1.84. The van der Waals surface area contributed by atoms with Crippen LogP contribution in [0.1, 0.15) is 37.5 Å². The average Bonchev–Trinajstić information content (AvgIpc) is 2.54. The Kier molecular flexibility index (Phi) is 5.68. The molecule has 2 aromatic carbocycles. The fourth-order valence-corrected chi connectivity index (χ4v) is 3.11. The number of amides is 1. The van der Waals surface area contributed by atoms with E-state index in [1.807, 2.05) is 30.3 Å². The van der Waals surface area contributed by atoms with Crippen molar-refractivity contribution in [3.63, 3.8) is 0 Å². The molecule has 1 atom stereocenters. The van der Waals surface area contributed by atoms with E-state index in [-0.39, 0.29) is 29.8 Å². The molecule has 0 saturated heterocycles. The highest BCUT2D eigenvalue weighted by molar-refractivity contribution is 5.96. The van der Waals surface area contributed by atoms with Crippen molar-refractivity contribution < 1.29 is 4.79 Å². The van der Waals surface area contributed by atoms with Crippen LogP contribution in [0.15, 0.2) is 48.5 Å². The summed E-state index contributed by atoms with van der Waals surface area (Å²) in [6, 6.07) is 16.2. The van der Waals surface area contributed by atoms with Crippen LogP contribution >= 0.6 is 12.4 Å². The van der Waals surface area contributed by atoms with Crippen molar-refractivity contribution in [1.82, 2.24) is 5.32 Å². The number of hydrogen-bond acceptors (Lipinski definition) is 2. The van der Waals surface area contributed by atoms with Gasteiger partial charge in [-0.05, 0) is 34.6 Å². The van der Waals surface area contributed by atoms with Gasteiger partial charge in [-0.15, -0.1) is 12.4 Å². The molecule has 0 bridgehead atoms. The van der Waals surface area contributed by atoms with Crippen molar-refractivity contribution in [2.75, 3.05) is 5.32 Å². The number of benzene rings is 2. The lowest BCUT2D eigenvalue weighted by Crippen LogP contribution is -2.44. The monoisotopic (exact) mass is 344 g/mol. The van der Waals surface area contributed by atoms with Gasteiger partial charge in [-0.25, -0.2) is 0 Å². The zero-order chi connectivity index (χ0) is 16.4. The molecule has 0 fully saturated rings. The van der Waals surface area contributed by atoms with Gasteiger partial charge in [-0.2, -0.15) is 0 Å². The van der Waals surface area contributed by atoms with Gasteiger partial charge in [0.15, 0.2) is 0 Å². The maximum atomic E-state index is 12.7. The van der Waals surface area contributed by atoms with E-state index in [1.165, 1.54) is 11.1 Å². The quantitative estimate of drug-likeness (QED) is 0.862. The lowest BCUT2D eigenvalue weighted by Gasteiger charge is -2.27. The summed E-state index contributed by atoms with van der Waals surface area (Å²) < 4.78 is 0.